The third kappa shape index (κ3) is 4.87. The van der Waals surface area contributed by atoms with E-state index in [0.717, 1.165) is 12.8 Å². The standard InChI is InChI=1S/C16H19NO5/c1-11(12-6-7-12)17-15(19)9-22-16(20)10-21-14-5-3-2-4-13(14)8-18/h2-5,8,11-12H,6-7,9-10H2,1H3,(H,17,19)/t11-/m1/s1. The first-order valence-corrected chi connectivity index (χ1v) is 7.22. The lowest BCUT2D eigenvalue weighted by molar-refractivity contribution is -0.150. The van der Waals surface area contributed by atoms with Crippen LogP contribution in [0.15, 0.2) is 24.3 Å². The quantitative estimate of drug-likeness (QED) is 0.579. The van der Waals surface area contributed by atoms with E-state index < -0.39 is 5.97 Å². The molecule has 0 aliphatic heterocycles. The normalized spacial score (nSPS) is 14.8. The molecule has 0 heterocycles. The fourth-order valence-corrected chi connectivity index (χ4v) is 2.04. The molecule has 1 aliphatic rings. The highest BCUT2D eigenvalue weighted by Gasteiger charge is 2.28. The maximum atomic E-state index is 11.6. The molecule has 0 bridgehead atoms. The number of ether oxygens (including phenoxy) is 2. The van der Waals surface area contributed by atoms with E-state index >= 15 is 0 Å². The lowest BCUT2D eigenvalue weighted by Gasteiger charge is -2.13. The molecule has 0 saturated heterocycles. The minimum atomic E-state index is -0.657. The highest BCUT2D eigenvalue weighted by molar-refractivity contribution is 5.82. The number of amides is 1. The van der Waals surface area contributed by atoms with Gasteiger partial charge in [-0.3, -0.25) is 9.59 Å². The number of rotatable bonds is 8. The Morgan fingerprint density at radius 2 is 2.05 bits per heavy atom. The molecular formula is C16H19NO5. The highest BCUT2D eigenvalue weighted by Crippen LogP contribution is 2.32. The Balaban J connectivity index is 1.69. The van der Waals surface area contributed by atoms with E-state index in [1.54, 1.807) is 24.3 Å². The molecule has 22 heavy (non-hydrogen) atoms. The van der Waals surface area contributed by atoms with Gasteiger partial charge in [-0.15, -0.1) is 0 Å². The fraction of sp³-hybridized carbons (Fsp3) is 0.438. The van der Waals surface area contributed by atoms with Crippen molar-refractivity contribution >= 4 is 18.2 Å². The van der Waals surface area contributed by atoms with Crippen molar-refractivity contribution in [1.29, 1.82) is 0 Å². The summed E-state index contributed by atoms with van der Waals surface area (Å²) in [5.41, 5.74) is 0.353. The van der Waals surface area contributed by atoms with Crippen LogP contribution < -0.4 is 10.1 Å². The average Bonchev–Trinajstić information content (AvgIpc) is 3.36. The molecule has 1 saturated carbocycles. The first kappa shape index (κ1) is 16.0. The molecule has 0 spiro atoms. The SMILES string of the molecule is C[C@@H](NC(=O)COC(=O)COc1ccccc1C=O)C1CC1. The molecule has 1 N–H and O–H groups in total. The van der Waals surface area contributed by atoms with E-state index in [1.807, 2.05) is 6.92 Å². The van der Waals surface area contributed by atoms with Crippen molar-refractivity contribution < 1.29 is 23.9 Å². The first-order valence-electron chi connectivity index (χ1n) is 7.22. The van der Waals surface area contributed by atoms with Crippen LogP contribution in [0.2, 0.25) is 0 Å². The molecule has 6 heteroatoms. The number of carbonyl (C=O) groups excluding carboxylic acids is 3. The second kappa shape index (κ2) is 7.59. The van der Waals surface area contributed by atoms with Crippen LogP contribution in [0.1, 0.15) is 30.1 Å². The second-order valence-corrected chi connectivity index (χ2v) is 5.30. The topological polar surface area (TPSA) is 81.7 Å². The van der Waals surface area contributed by atoms with Crippen molar-refractivity contribution in [3.63, 3.8) is 0 Å². The first-order chi connectivity index (χ1) is 10.6. The average molecular weight is 305 g/mol. The molecule has 0 aromatic heterocycles. The molecule has 0 radical (unpaired) electrons. The Morgan fingerprint density at radius 1 is 1.32 bits per heavy atom. The van der Waals surface area contributed by atoms with Crippen LogP contribution in [0, 0.1) is 5.92 Å². The zero-order valence-corrected chi connectivity index (χ0v) is 12.4. The van der Waals surface area contributed by atoms with Gasteiger partial charge in [0.25, 0.3) is 5.91 Å². The van der Waals surface area contributed by atoms with E-state index in [0.29, 0.717) is 23.5 Å². The Hall–Kier alpha value is -2.37. The molecule has 6 nitrogen and oxygen atoms in total. The van der Waals surface area contributed by atoms with Crippen molar-refractivity contribution in [3.8, 4) is 5.75 Å². The zero-order chi connectivity index (χ0) is 15.9. The lowest BCUT2D eigenvalue weighted by Crippen LogP contribution is -2.37. The molecule has 1 aromatic rings. The van der Waals surface area contributed by atoms with E-state index in [-0.39, 0.29) is 25.2 Å². The largest absolute Gasteiger partial charge is 0.481 e. The van der Waals surface area contributed by atoms with Gasteiger partial charge in [-0.25, -0.2) is 4.79 Å². The van der Waals surface area contributed by atoms with Crippen LogP contribution in [0.5, 0.6) is 5.75 Å². The van der Waals surface area contributed by atoms with Gasteiger partial charge in [-0.1, -0.05) is 12.1 Å². The monoisotopic (exact) mass is 305 g/mol. The maximum absolute atomic E-state index is 11.6. The summed E-state index contributed by atoms with van der Waals surface area (Å²) >= 11 is 0. The third-order valence-corrected chi connectivity index (χ3v) is 3.47. The minimum Gasteiger partial charge on any atom is -0.481 e. The molecule has 1 fully saturated rings. The summed E-state index contributed by atoms with van der Waals surface area (Å²) in [7, 11) is 0. The number of para-hydroxylation sites is 1. The summed E-state index contributed by atoms with van der Waals surface area (Å²) in [4.78, 5) is 33.9. The molecule has 1 atom stereocenters. The summed E-state index contributed by atoms with van der Waals surface area (Å²) in [6.45, 7) is 1.27. The predicted octanol–water partition coefficient (Wildman–Crippen LogP) is 1.34. The number of hydrogen-bond acceptors (Lipinski definition) is 5. The molecule has 1 aromatic carbocycles. The Morgan fingerprint density at radius 3 is 2.73 bits per heavy atom. The molecular weight excluding hydrogens is 286 g/mol. The van der Waals surface area contributed by atoms with Crippen molar-refractivity contribution in [2.75, 3.05) is 13.2 Å². The van der Waals surface area contributed by atoms with Gasteiger partial charge in [0.05, 0.1) is 5.56 Å². The number of carbonyl (C=O) groups is 3. The van der Waals surface area contributed by atoms with Gasteiger partial charge >= 0.3 is 5.97 Å². The summed E-state index contributed by atoms with van der Waals surface area (Å²) in [6.07, 6.45) is 2.91. The van der Waals surface area contributed by atoms with Crippen LogP contribution >= 0.6 is 0 Å². The Bertz CT molecular complexity index is 553. The van der Waals surface area contributed by atoms with Gasteiger partial charge in [-0.2, -0.15) is 0 Å². The summed E-state index contributed by atoms with van der Waals surface area (Å²) in [5.74, 6) is -0.125. The molecule has 1 amide bonds. The van der Waals surface area contributed by atoms with Crippen LogP contribution in [0.3, 0.4) is 0 Å². The van der Waals surface area contributed by atoms with Crippen molar-refractivity contribution in [3.05, 3.63) is 29.8 Å². The molecule has 2 rings (SSSR count). The number of hydrogen-bond donors (Lipinski definition) is 1. The summed E-state index contributed by atoms with van der Waals surface area (Å²) in [6, 6.07) is 6.67. The van der Waals surface area contributed by atoms with E-state index in [9.17, 15) is 14.4 Å². The van der Waals surface area contributed by atoms with Gasteiger partial charge in [0.2, 0.25) is 0 Å². The van der Waals surface area contributed by atoms with E-state index in [4.69, 9.17) is 9.47 Å². The lowest BCUT2D eigenvalue weighted by atomic mass is 10.2. The molecule has 118 valence electrons. The van der Waals surface area contributed by atoms with Gasteiger partial charge in [-0.05, 0) is 37.8 Å². The Labute approximate surface area is 128 Å². The maximum Gasteiger partial charge on any atom is 0.344 e. The van der Waals surface area contributed by atoms with Crippen LogP contribution in [-0.4, -0.2) is 37.4 Å². The third-order valence-electron chi connectivity index (χ3n) is 3.47. The smallest absolute Gasteiger partial charge is 0.344 e. The van der Waals surface area contributed by atoms with Crippen molar-refractivity contribution in [1.82, 2.24) is 5.32 Å². The van der Waals surface area contributed by atoms with Gasteiger partial charge in [0.1, 0.15) is 5.75 Å². The molecule has 1 aliphatic carbocycles. The van der Waals surface area contributed by atoms with Crippen LogP contribution in [0.4, 0.5) is 0 Å². The zero-order valence-electron chi connectivity index (χ0n) is 12.4. The summed E-state index contributed by atoms with van der Waals surface area (Å²) in [5, 5.41) is 2.79. The number of nitrogens with one attached hydrogen (secondary N) is 1. The molecule has 0 unspecified atom stereocenters. The van der Waals surface area contributed by atoms with Gasteiger partial charge in [0, 0.05) is 6.04 Å². The fourth-order valence-electron chi connectivity index (χ4n) is 2.04. The van der Waals surface area contributed by atoms with Crippen LogP contribution in [0.25, 0.3) is 0 Å². The predicted molar refractivity (Wildman–Crippen MR) is 78.6 cm³/mol. The van der Waals surface area contributed by atoms with E-state index in [2.05, 4.69) is 5.32 Å². The van der Waals surface area contributed by atoms with Crippen LogP contribution in [-0.2, 0) is 14.3 Å². The van der Waals surface area contributed by atoms with Gasteiger partial charge < -0.3 is 14.8 Å². The number of aldehydes is 1. The number of esters is 1. The second-order valence-electron chi connectivity index (χ2n) is 5.30. The van der Waals surface area contributed by atoms with Crippen molar-refractivity contribution in [2.45, 2.75) is 25.8 Å². The number of benzene rings is 1. The highest BCUT2D eigenvalue weighted by atomic mass is 16.6. The summed E-state index contributed by atoms with van der Waals surface area (Å²) < 4.78 is 10.0. The van der Waals surface area contributed by atoms with Gasteiger partial charge in [0.15, 0.2) is 19.5 Å². The Kier molecular flexibility index (Phi) is 5.52. The van der Waals surface area contributed by atoms with E-state index in [1.165, 1.54) is 0 Å². The minimum absolute atomic E-state index is 0.113. The van der Waals surface area contributed by atoms with Crippen molar-refractivity contribution in [2.24, 2.45) is 5.92 Å².